The molecule has 1 atom stereocenters. The zero-order valence-electron chi connectivity index (χ0n) is 11.3. The standard InChI is InChI=1S/C15H19BrN2S/c1-3-7-17-11(2)14-10-19-15(18-14)9-12-5-4-6-13(16)8-12/h4-6,8,10-11,17H,3,7,9H2,1-2H3. The van der Waals surface area contributed by atoms with E-state index in [-0.39, 0.29) is 0 Å². The highest BCUT2D eigenvalue weighted by Gasteiger charge is 2.09. The fourth-order valence-electron chi connectivity index (χ4n) is 1.89. The number of aromatic nitrogens is 1. The van der Waals surface area contributed by atoms with E-state index >= 15 is 0 Å². The Labute approximate surface area is 127 Å². The van der Waals surface area contributed by atoms with E-state index in [1.807, 2.05) is 6.07 Å². The molecule has 2 aromatic rings. The van der Waals surface area contributed by atoms with E-state index < -0.39 is 0 Å². The molecule has 0 radical (unpaired) electrons. The average Bonchev–Trinajstić information content (AvgIpc) is 2.84. The van der Waals surface area contributed by atoms with E-state index in [2.05, 4.69) is 58.7 Å². The van der Waals surface area contributed by atoms with Crippen molar-refractivity contribution in [1.82, 2.24) is 10.3 Å². The van der Waals surface area contributed by atoms with Crippen LogP contribution < -0.4 is 5.32 Å². The Hall–Kier alpha value is -0.710. The van der Waals surface area contributed by atoms with Crippen molar-refractivity contribution < 1.29 is 0 Å². The van der Waals surface area contributed by atoms with Crippen LogP contribution >= 0.6 is 27.3 Å². The molecule has 102 valence electrons. The van der Waals surface area contributed by atoms with E-state index in [9.17, 15) is 0 Å². The van der Waals surface area contributed by atoms with E-state index in [0.29, 0.717) is 6.04 Å². The van der Waals surface area contributed by atoms with E-state index in [4.69, 9.17) is 4.98 Å². The predicted molar refractivity (Wildman–Crippen MR) is 85.8 cm³/mol. The first kappa shape index (κ1) is 14.7. The molecule has 0 aliphatic carbocycles. The van der Waals surface area contributed by atoms with Gasteiger partial charge < -0.3 is 5.32 Å². The molecule has 4 heteroatoms. The van der Waals surface area contributed by atoms with E-state index in [0.717, 1.165) is 29.6 Å². The zero-order valence-corrected chi connectivity index (χ0v) is 13.7. The van der Waals surface area contributed by atoms with Gasteiger partial charge in [-0.2, -0.15) is 0 Å². The van der Waals surface area contributed by atoms with Crippen molar-refractivity contribution in [3.63, 3.8) is 0 Å². The molecule has 0 saturated carbocycles. The third-order valence-electron chi connectivity index (χ3n) is 2.96. The number of nitrogens with zero attached hydrogens (tertiary/aromatic N) is 1. The zero-order chi connectivity index (χ0) is 13.7. The lowest BCUT2D eigenvalue weighted by Crippen LogP contribution is -2.19. The second-order valence-electron chi connectivity index (χ2n) is 4.65. The van der Waals surface area contributed by atoms with Crippen molar-refractivity contribution in [1.29, 1.82) is 0 Å². The minimum Gasteiger partial charge on any atom is -0.309 e. The SMILES string of the molecule is CCCNC(C)c1csc(Cc2cccc(Br)c2)n1. The monoisotopic (exact) mass is 338 g/mol. The topological polar surface area (TPSA) is 24.9 Å². The molecule has 1 N–H and O–H groups in total. The van der Waals surface area contributed by atoms with Gasteiger partial charge in [-0.25, -0.2) is 4.98 Å². The van der Waals surface area contributed by atoms with Crippen LogP contribution in [0.2, 0.25) is 0 Å². The van der Waals surface area contributed by atoms with Gasteiger partial charge in [0.25, 0.3) is 0 Å². The normalized spacial score (nSPS) is 12.6. The average molecular weight is 339 g/mol. The van der Waals surface area contributed by atoms with Gasteiger partial charge in [0.15, 0.2) is 0 Å². The maximum Gasteiger partial charge on any atom is 0.0972 e. The van der Waals surface area contributed by atoms with Crippen molar-refractivity contribution in [2.45, 2.75) is 32.7 Å². The Morgan fingerprint density at radius 1 is 1.42 bits per heavy atom. The van der Waals surface area contributed by atoms with E-state index in [1.165, 1.54) is 10.6 Å². The summed E-state index contributed by atoms with van der Waals surface area (Å²) < 4.78 is 1.12. The molecule has 0 aliphatic heterocycles. The Bertz CT molecular complexity index is 524. The summed E-state index contributed by atoms with van der Waals surface area (Å²) in [7, 11) is 0. The lowest BCUT2D eigenvalue weighted by atomic mass is 10.2. The Kier molecular flexibility index (Phi) is 5.55. The molecule has 0 saturated heterocycles. The van der Waals surface area contributed by atoms with Gasteiger partial charge in [-0.05, 0) is 37.6 Å². The fraction of sp³-hybridized carbons (Fsp3) is 0.400. The molecule has 0 amide bonds. The van der Waals surface area contributed by atoms with Gasteiger partial charge in [-0.3, -0.25) is 0 Å². The largest absolute Gasteiger partial charge is 0.309 e. The van der Waals surface area contributed by atoms with Gasteiger partial charge in [-0.1, -0.05) is 35.0 Å². The van der Waals surface area contributed by atoms with Crippen LogP contribution in [0.4, 0.5) is 0 Å². The number of hydrogen-bond acceptors (Lipinski definition) is 3. The predicted octanol–water partition coefficient (Wildman–Crippen LogP) is 4.56. The number of benzene rings is 1. The van der Waals surface area contributed by atoms with Gasteiger partial charge >= 0.3 is 0 Å². The van der Waals surface area contributed by atoms with Crippen LogP contribution in [0.5, 0.6) is 0 Å². The van der Waals surface area contributed by atoms with Crippen LogP contribution in [0.15, 0.2) is 34.1 Å². The van der Waals surface area contributed by atoms with Gasteiger partial charge in [0, 0.05) is 22.3 Å². The quantitative estimate of drug-likeness (QED) is 0.835. The first-order valence-electron chi connectivity index (χ1n) is 6.61. The highest BCUT2D eigenvalue weighted by Crippen LogP contribution is 2.20. The van der Waals surface area contributed by atoms with Crippen LogP contribution in [0.25, 0.3) is 0 Å². The summed E-state index contributed by atoms with van der Waals surface area (Å²) in [6.45, 7) is 5.40. The second-order valence-corrected chi connectivity index (χ2v) is 6.51. The van der Waals surface area contributed by atoms with Gasteiger partial charge in [0.1, 0.15) is 0 Å². The summed E-state index contributed by atoms with van der Waals surface area (Å²) in [5, 5.41) is 6.82. The maximum atomic E-state index is 4.73. The van der Waals surface area contributed by atoms with Crippen molar-refractivity contribution in [2.75, 3.05) is 6.54 Å². The molecule has 0 aliphatic rings. The smallest absolute Gasteiger partial charge is 0.0972 e. The Balaban J connectivity index is 2.01. The Morgan fingerprint density at radius 3 is 3.00 bits per heavy atom. The van der Waals surface area contributed by atoms with Crippen LogP contribution in [0.1, 0.15) is 42.6 Å². The lowest BCUT2D eigenvalue weighted by Gasteiger charge is -2.09. The van der Waals surface area contributed by atoms with Crippen LogP contribution in [0.3, 0.4) is 0 Å². The first-order chi connectivity index (χ1) is 9.19. The molecule has 1 unspecified atom stereocenters. The van der Waals surface area contributed by atoms with Crippen molar-refractivity contribution in [3.05, 3.63) is 50.4 Å². The summed E-state index contributed by atoms with van der Waals surface area (Å²) in [5.74, 6) is 0. The molecule has 0 bridgehead atoms. The minimum absolute atomic E-state index is 0.340. The number of hydrogen-bond donors (Lipinski definition) is 1. The van der Waals surface area contributed by atoms with Crippen LogP contribution in [-0.4, -0.2) is 11.5 Å². The highest BCUT2D eigenvalue weighted by molar-refractivity contribution is 9.10. The molecular formula is C15H19BrN2S. The molecule has 0 fully saturated rings. The summed E-state index contributed by atoms with van der Waals surface area (Å²) in [6.07, 6.45) is 2.06. The summed E-state index contributed by atoms with van der Waals surface area (Å²) >= 11 is 5.25. The Morgan fingerprint density at radius 2 is 2.26 bits per heavy atom. The molecule has 2 rings (SSSR count). The number of nitrogens with one attached hydrogen (secondary N) is 1. The first-order valence-corrected chi connectivity index (χ1v) is 8.28. The molecule has 1 aromatic heterocycles. The third kappa shape index (κ3) is 4.41. The molecule has 2 nitrogen and oxygen atoms in total. The van der Waals surface area contributed by atoms with Crippen molar-refractivity contribution >= 4 is 27.3 Å². The number of thiazole rings is 1. The molecule has 1 aromatic carbocycles. The molecular weight excluding hydrogens is 320 g/mol. The fourth-order valence-corrected chi connectivity index (χ4v) is 3.26. The van der Waals surface area contributed by atoms with Crippen LogP contribution in [-0.2, 0) is 6.42 Å². The van der Waals surface area contributed by atoms with Gasteiger partial charge in [-0.15, -0.1) is 11.3 Å². The van der Waals surface area contributed by atoms with Crippen molar-refractivity contribution in [2.24, 2.45) is 0 Å². The van der Waals surface area contributed by atoms with E-state index in [1.54, 1.807) is 11.3 Å². The summed E-state index contributed by atoms with van der Waals surface area (Å²) in [6, 6.07) is 8.75. The highest BCUT2D eigenvalue weighted by atomic mass is 79.9. The molecule has 19 heavy (non-hydrogen) atoms. The van der Waals surface area contributed by atoms with Gasteiger partial charge in [0.2, 0.25) is 0 Å². The summed E-state index contributed by atoms with van der Waals surface area (Å²) in [4.78, 5) is 4.73. The molecule has 1 heterocycles. The number of halogens is 1. The lowest BCUT2D eigenvalue weighted by molar-refractivity contribution is 0.560. The summed E-state index contributed by atoms with van der Waals surface area (Å²) in [5.41, 5.74) is 2.45. The maximum absolute atomic E-state index is 4.73. The minimum atomic E-state index is 0.340. The number of rotatable bonds is 6. The van der Waals surface area contributed by atoms with Crippen molar-refractivity contribution in [3.8, 4) is 0 Å². The third-order valence-corrected chi connectivity index (χ3v) is 4.32. The second kappa shape index (κ2) is 7.17. The van der Waals surface area contributed by atoms with Gasteiger partial charge in [0.05, 0.1) is 10.7 Å². The van der Waals surface area contributed by atoms with Crippen LogP contribution in [0, 0.1) is 0 Å². The molecule has 0 spiro atoms.